The topological polar surface area (TPSA) is 37.8 Å². The fourth-order valence-electron chi connectivity index (χ4n) is 3.03. The van der Waals surface area contributed by atoms with E-state index >= 15 is 0 Å². The van der Waals surface area contributed by atoms with Crippen LogP contribution in [-0.4, -0.2) is 9.97 Å². The van der Waals surface area contributed by atoms with E-state index < -0.39 is 0 Å². The van der Waals surface area contributed by atoms with Gasteiger partial charge in [-0.05, 0) is 41.3 Å². The lowest BCUT2D eigenvalue weighted by Crippen LogP contribution is -2.04. The Morgan fingerprint density at radius 2 is 1.62 bits per heavy atom. The van der Waals surface area contributed by atoms with E-state index in [1.807, 2.05) is 30.3 Å². The van der Waals surface area contributed by atoms with Crippen molar-refractivity contribution in [3.63, 3.8) is 0 Å². The van der Waals surface area contributed by atoms with Gasteiger partial charge in [0.05, 0.1) is 10.9 Å². The van der Waals surface area contributed by atoms with Crippen molar-refractivity contribution in [3.05, 3.63) is 89.2 Å². The Bertz CT molecular complexity index is 1040. The number of halogens is 1. The molecule has 1 heterocycles. The Labute approximate surface area is 157 Å². The van der Waals surface area contributed by atoms with Crippen LogP contribution in [0.2, 0.25) is 5.28 Å². The van der Waals surface area contributed by atoms with Crippen molar-refractivity contribution in [1.29, 1.82) is 0 Å². The van der Waals surface area contributed by atoms with Gasteiger partial charge in [0.2, 0.25) is 5.28 Å². The number of rotatable bonds is 4. The molecule has 0 saturated heterocycles. The number of aryl methyl sites for hydroxylation is 1. The van der Waals surface area contributed by atoms with Gasteiger partial charge >= 0.3 is 0 Å². The molecule has 3 aromatic carbocycles. The minimum atomic E-state index is 0.245. The number of hydrogen-bond acceptors (Lipinski definition) is 3. The number of benzene rings is 3. The van der Waals surface area contributed by atoms with Crippen LogP contribution in [0, 0.1) is 6.92 Å². The first-order chi connectivity index (χ1) is 12.7. The van der Waals surface area contributed by atoms with E-state index in [0.717, 1.165) is 27.8 Å². The molecule has 0 radical (unpaired) electrons. The van der Waals surface area contributed by atoms with Gasteiger partial charge in [0, 0.05) is 6.54 Å². The van der Waals surface area contributed by atoms with Gasteiger partial charge in [-0.15, -0.1) is 0 Å². The van der Waals surface area contributed by atoms with Crippen LogP contribution in [0.3, 0.4) is 0 Å². The van der Waals surface area contributed by atoms with Crippen molar-refractivity contribution in [2.45, 2.75) is 13.5 Å². The molecule has 0 unspecified atom stereocenters. The third-order valence-electron chi connectivity index (χ3n) is 4.36. The number of nitrogens with zero attached hydrogens (tertiary/aromatic N) is 2. The molecule has 4 rings (SSSR count). The van der Waals surface area contributed by atoms with Gasteiger partial charge in [-0.2, -0.15) is 0 Å². The van der Waals surface area contributed by atoms with E-state index in [2.05, 4.69) is 64.7 Å². The van der Waals surface area contributed by atoms with Gasteiger partial charge in [-0.1, -0.05) is 72.3 Å². The fraction of sp³-hybridized carbons (Fsp3) is 0.0909. The number of fused-ring (bicyclic) bond motifs is 1. The number of anilines is 1. The van der Waals surface area contributed by atoms with Gasteiger partial charge in [0.25, 0.3) is 0 Å². The van der Waals surface area contributed by atoms with Crippen molar-refractivity contribution in [2.75, 3.05) is 5.32 Å². The summed E-state index contributed by atoms with van der Waals surface area (Å²) in [7, 11) is 0. The van der Waals surface area contributed by atoms with Crippen LogP contribution in [0.15, 0.2) is 72.8 Å². The highest BCUT2D eigenvalue weighted by molar-refractivity contribution is 6.29. The molecule has 4 aromatic rings. The SMILES string of the molecule is Cc1ccc(CNc2nc(Cl)nc3cccc(-c4ccccc4)c23)cc1. The third kappa shape index (κ3) is 3.39. The van der Waals surface area contributed by atoms with Crippen molar-refractivity contribution >= 4 is 28.3 Å². The summed E-state index contributed by atoms with van der Waals surface area (Å²) in [5.74, 6) is 0.750. The lowest BCUT2D eigenvalue weighted by atomic mass is 10.0. The molecule has 0 aliphatic carbocycles. The van der Waals surface area contributed by atoms with Crippen LogP contribution < -0.4 is 5.32 Å². The molecule has 0 atom stereocenters. The monoisotopic (exact) mass is 359 g/mol. The zero-order valence-electron chi connectivity index (χ0n) is 14.4. The van der Waals surface area contributed by atoms with E-state index in [-0.39, 0.29) is 5.28 Å². The molecule has 4 heteroatoms. The predicted octanol–water partition coefficient (Wildman–Crippen LogP) is 5.87. The summed E-state index contributed by atoms with van der Waals surface area (Å²) in [6.45, 7) is 2.76. The molecule has 0 saturated carbocycles. The second kappa shape index (κ2) is 7.14. The molecule has 0 aliphatic heterocycles. The Morgan fingerprint density at radius 3 is 2.38 bits per heavy atom. The van der Waals surface area contributed by atoms with Gasteiger partial charge in [-0.25, -0.2) is 9.97 Å². The number of hydrogen-bond donors (Lipinski definition) is 1. The minimum Gasteiger partial charge on any atom is -0.365 e. The first-order valence-electron chi connectivity index (χ1n) is 8.52. The Morgan fingerprint density at radius 1 is 0.846 bits per heavy atom. The van der Waals surface area contributed by atoms with Crippen LogP contribution in [0.1, 0.15) is 11.1 Å². The molecule has 0 amide bonds. The molecular formula is C22H18ClN3. The Hall–Kier alpha value is -2.91. The molecule has 0 bridgehead atoms. The molecular weight excluding hydrogens is 342 g/mol. The van der Waals surface area contributed by atoms with Crippen molar-refractivity contribution in [1.82, 2.24) is 9.97 Å². The van der Waals surface area contributed by atoms with Crippen LogP contribution in [-0.2, 0) is 6.54 Å². The maximum Gasteiger partial charge on any atom is 0.224 e. The fourth-order valence-corrected chi connectivity index (χ4v) is 3.21. The molecule has 3 nitrogen and oxygen atoms in total. The van der Waals surface area contributed by atoms with E-state index in [9.17, 15) is 0 Å². The van der Waals surface area contributed by atoms with Crippen LogP contribution in [0.4, 0.5) is 5.82 Å². The normalized spacial score (nSPS) is 10.8. The second-order valence-electron chi connectivity index (χ2n) is 6.25. The zero-order chi connectivity index (χ0) is 17.9. The molecule has 0 spiro atoms. The molecule has 1 N–H and O–H groups in total. The first kappa shape index (κ1) is 16.6. The van der Waals surface area contributed by atoms with Crippen molar-refractivity contribution in [3.8, 4) is 11.1 Å². The standard InChI is InChI=1S/C22H18ClN3/c1-15-10-12-16(13-11-15)14-24-21-20-18(17-6-3-2-4-7-17)8-5-9-19(20)25-22(23)26-21/h2-13H,14H2,1H3,(H,24,25,26). The summed E-state index contributed by atoms with van der Waals surface area (Å²) in [6.07, 6.45) is 0. The van der Waals surface area contributed by atoms with Crippen LogP contribution in [0.5, 0.6) is 0 Å². The minimum absolute atomic E-state index is 0.245. The molecule has 1 aromatic heterocycles. The summed E-state index contributed by atoms with van der Waals surface area (Å²) in [5, 5.41) is 4.67. The zero-order valence-corrected chi connectivity index (χ0v) is 15.2. The maximum absolute atomic E-state index is 6.16. The lowest BCUT2D eigenvalue weighted by molar-refractivity contribution is 1.10. The quantitative estimate of drug-likeness (QED) is 0.463. The second-order valence-corrected chi connectivity index (χ2v) is 6.58. The van der Waals surface area contributed by atoms with Gasteiger partial charge in [0.1, 0.15) is 5.82 Å². The highest BCUT2D eigenvalue weighted by Crippen LogP contribution is 2.33. The largest absolute Gasteiger partial charge is 0.365 e. The van der Waals surface area contributed by atoms with E-state index in [4.69, 9.17) is 11.6 Å². The predicted molar refractivity (Wildman–Crippen MR) is 108 cm³/mol. The summed E-state index contributed by atoms with van der Waals surface area (Å²) in [5.41, 5.74) is 5.48. The number of aromatic nitrogens is 2. The van der Waals surface area contributed by atoms with Crippen LogP contribution in [0.25, 0.3) is 22.0 Å². The summed E-state index contributed by atoms with van der Waals surface area (Å²) in [4.78, 5) is 8.87. The molecule has 26 heavy (non-hydrogen) atoms. The van der Waals surface area contributed by atoms with Crippen molar-refractivity contribution in [2.24, 2.45) is 0 Å². The van der Waals surface area contributed by atoms with Crippen LogP contribution >= 0.6 is 11.6 Å². The van der Waals surface area contributed by atoms with Gasteiger partial charge in [-0.3, -0.25) is 0 Å². The Balaban J connectivity index is 1.79. The lowest BCUT2D eigenvalue weighted by Gasteiger charge is -2.13. The van der Waals surface area contributed by atoms with E-state index in [0.29, 0.717) is 6.54 Å². The molecule has 128 valence electrons. The highest BCUT2D eigenvalue weighted by atomic mass is 35.5. The maximum atomic E-state index is 6.16. The van der Waals surface area contributed by atoms with Crippen molar-refractivity contribution < 1.29 is 0 Å². The molecule has 0 aliphatic rings. The van der Waals surface area contributed by atoms with E-state index in [1.165, 1.54) is 11.1 Å². The van der Waals surface area contributed by atoms with Gasteiger partial charge in [0.15, 0.2) is 0 Å². The number of nitrogens with one attached hydrogen (secondary N) is 1. The average molecular weight is 360 g/mol. The van der Waals surface area contributed by atoms with Gasteiger partial charge < -0.3 is 5.32 Å². The van der Waals surface area contributed by atoms with E-state index in [1.54, 1.807) is 0 Å². The smallest absolute Gasteiger partial charge is 0.224 e. The first-order valence-corrected chi connectivity index (χ1v) is 8.89. The third-order valence-corrected chi connectivity index (χ3v) is 4.53. The summed E-state index contributed by atoms with van der Waals surface area (Å²) < 4.78 is 0. The summed E-state index contributed by atoms with van der Waals surface area (Å²) in [6, 6.07) is 24.8. The summed E-state index contributed by atoms with van der Waals surface area (Å²) >= 11 is 6.16. The highest BCUT2D eigenvalue weighted by Gasteiger charge is 2.12. The average Bonchev–Trinajstić information content (AvgIpc) is 2.67. The Kier molecular flexibility index (Phi) is 4.55. The molecule has 0 fully saturated rings.